The monoisotopic (exact) mass is 346 g/mol. The molecule has 130 valence electrons. The Morgan fingerprint density at radius 2 is 2.08 bits per heavy atom. The van der Waals surface area contributed by atoms with Crippen LogP contribution in [0.4, 0.5) is 5.69 Å². The van der Waals surface area contributed by atoms with Crippen molar-refractivity contribution in [1.29, 1.82) is 0 Å². The van der Waals surface area contributed by atoms with Crippen LogP contribution in [0.2, 0.25) is 0 Å². The molecule has 1 aliphatic rings. The van der Waals surface area contributed by atoms with Gasteiger partial charge in [-0.25, -0.2) is 0 Å². The van der Waals surface area contributed by atoms with Crippen LogP contribution < -0.4 is 10.2 Å². The van der Waals surface area contributed by atoms with Crippen LogP contribution in [0.5, 0.6) is 0 Å². The molecule has 24 heavy (non-hydrogen) atoms. The highest BCUT2D eigenvalue weighted by Gasteiger charge is 2.22. The molecule has 0 bridgehead atoms. The summed E-state index contributed by atoms with van der Waals surface area (Å²) in [7, 11) is 1.04. The molecule has 3 atom stereocenters. The van der Waals surface area contributed by atoms with Gasteiger partial charge >= 0.3 is 0 Å². The van der Waals surface area contributed by atoms with E-state index in [2.05, 4.69) is 40.6 Å². The molecular formula is C18H26N4OS. The fraction of sp³-hybridized carbons (Fsp3) is 0.500. The maximum absolute atomic E-state index is 11.5. The van der Waals surface area contributed by atoms with Gasteiger partial charge in [-0.3, -0.25) is 8.89 Å². The van der Waals surface area contributed by atoms with Gasteiger partial charge < -0.3 is 10.2 Å². The lowest BCUT2D eigenvalue weighted by Crippen LogP contribution is -2.46. The Labute approximate surface area is 146 Å². The van der Waals surface area contributed by atoms with E-state index in [1.165, 1.54) is 24.1 Å². The summed E-state index contributed by atoms with van der Waals surface area (Å²) in [5.41, 5.74) is 2.44. The Morgan fingerprint density at radius 1 is 1.33 bits per heavy atom. The molecule has 0 radical (unpaired) electrons. The highest BCUT2D eigenvalue weighted by molar-refractivity contribution is 7.84. The summed E-state index contributed by atoms with van der Waals surface area (Å²) in [6, 6.07) is 8.84. The molecule has 2 heterocycles. The SMILES string of the molecule is C[C@H](N[C@@H]1CCCN(c2cnn(C)c2)C1)c1ccc([S@](C)=O)cc1. The van der Waals surface area contributed by atoms with E-state index in [0.717, 1.165) is 18.0 Å². The number of aromatic nitrogens is 2. The molecule has 6 heteroatoms. The number of anilines is 1. The molecule has 2 aromatic rings. The van der Waals surface area contributed by atoms with E-state index in [0.29, 0.717) is 6.04 Å². The number of benzene rings is 1. The zero-order chi connectivity index (χ0) is 17.1. The average Bonchev–Trinajstić information content (AvgIpc) is 3.02. The van der Waals surface area contributed by atoms with Crippen molar-refractivity contribution in [2.45, 2.75) is 36.7 Å². The first-order chi connectivity index (χ1) is 11.5. The topological polar surface area (TPSA) is 50.2 Å². The minimum atomic E-state index is -0.916. The third-order valence-electron chi connectivity index (χ3n) is 4.68. The number of rotatable bonds is 5. The maximum Gasteiger partial charge on any atom is 0.0752 e. The molecule has 0 amide bonds. The van der Waals surface area contributed by atoms with Gasteiger partial charge in [0.15, 0.2) is 0 Å². The lowest BCUT2D eigenvalue weighted by molar-refractivity contribution is 0.388. The third kappa shape index (κ3) is 4.05. The summed E-state index contributed by atoms with van der Waals surface area (Å²) in [6.07, 6.45) is 8.11. The van der Waals surface area contributed by atoms with Crippen molar-refractivity contribution in [2.24, 2.45) is 7.05 Å². The van der Waals surface area contributed by atoms with E-state index in [-0.39, 0.29) is 6.04 Å². The maximum atomic E-state index is 11.5. The van der Waals surface area contributed by atoms with Crippen LogP contribution in [0, 0.1) is 0 Å². The zero-order valence-electron chi connectivity index (χ0n) is 14.6. The highest BCUT2D eigenvalue weighted by atomic mass is 32.2. The van der Waals surface area contributed by atoms with Gasteiger partial charge in [-0.05, 0) is 37.5 Å². The van der Waals surface area contributed by atoms with Crippen LogP contribution in [-0.4, -0.2) is 39.4 Å². The minimum absolute atomic E-state index is 0.281. The van der Waals surface area contributed by atoms with Gasteiger partial charge in [0.1, 0.15) is 0 Å². The molecule has 0 unspecified atom stereocenters. The summed E-state index contributed by atoms with van der Waals surface area (Å²) in [4.78, 5) is 3.29. The fourth-order valence-corrected chi connectivity index (χ4v) is 3.84. The van der Waals surface area contributed by atoms with Crippen LogP contribution in [0.3, 0.4) is 0 Å². The lowest BCUT2D eigenvalue weighted by atomic mass is 10.0. The lowest BCUT2D eigenvalue weighted by Gasteiger charge is -2.35. The quantitative estimate of drug-likeness (QED) is 0.904. The molecular weight excluding hydrogens is 320 g/mol. The largest absolute Gasteiger partial charge is 0.367 e. The number of nitrogens with zero attached hydrogens (tertiary/aromatic N) is 3. The second-order valence-corrected chi connectivity index (χ2v) is 7.95. The summed E-state index contributed by atoms with van der Waals surface area (Å²) >= 11 is 0. The van der Waals surface area contributed by atoms with Crippen LogP contribution in [-0.2, 0) is 17.8 Å². The van der Waals surface area contributed by atoms with Crippen LogP contribution in [0.15, 0.2) is 41.6 Å². The van der Waals surface area contributed by atoms with Gasteiger partial charge in [0.05, 0.1) is 11.9 Å². The second kappa shape index (κ2) is 7.49. The Balaban J connectivity index is 1.61. The standard InChI is InChI=1S/C18H26N4OS/c1-14(15-6-8-18(9-7-15)24(3)23)20-16-5-4-10-22(12-16)17-11-19-21(2)13-17/h6-9,11,13-14,16,20H,4-5,10,12H2,1-3H3/t14-,16+,24-/m0/s1. The Morgan fingerprint density at radius 3 is 2.71 bits per heavy atom. The first kappa shape index (κ1) is 17.2. The van der Waals surface area contributed by atoms with E-state index in [4.69, 9.17) is 0 Å². The Kier molecular flexibility index (Phi) is 5.36. The number of nitrogens with one attached hydrogen (secondary N) is 1. The molecule has 0 saturated carbocycles. The first-order valence-electron chi connectivity index (χ1n) is 8.46. The molecule has 1 aromatic carbocycles. The van der Waals surface area contributed by atoms with Crippen LogP contribution >= 0.6 is 0 Å². The van der Waals surface area contributed by atoms with E-state index in [9.17, 15) is 4.21 Å². The minimum Gasteiger partial charge on any atom is -0.367 e. The predicted molar refractivity (Wildman–Crippen MR) is 98.8 cm³/mol. The second-order valence-electron chi connectivity index (χ2n) is 6.57. The number of aryl methyl sites for hydroxylation is 1. The number of hydrogen-bond acceptors (Lipinski definition) is 4. The third-order valence-corrected chi connectivity index (χ3v) is 5.61. The zero-order valence-corrected chi connectivity index (χ0v) is 15.4. The predicted octanol–water partition coefficient (Wildman–Crippen LogP) is 2.48. The van der Waals surface area contributed by atoms with E-state index in [1.54, 1.807) is 6.26 Å². The van der Waals surface area contributed by atoms with Crippen molar-refractivity contribution >= 4 is 16.5 Å². The highest BCUT2D eigenvalue weighted by Crippen LogP contribution is 2.22. The Hall–Kier alpha value is -1.66. The van der Waals surface area contributed by atoms with Gasteiger partial charge in [0, 0.05) is 60.4 Å². The molecule has 0 aliphatic carbocycles. The van der Waals surface area contributed by atoms with Gasteiger partial charge in [0.2, 0.25) is 0 Å². The molecule has 1 aromatic heterocycles. The molecule has 1 N–H and O–H groups in total. The van der Waals surface area contributed by atoms with Gasteiger partial charge in [-0.15, -0.1) is 0 Å². The normalized spacial score (nSPS) is 20.8. The summed E-state index contributed by atoms with van der Waals surface area (Å²) in [5, 5.41) is 8.02. The van der Waals surface area contributed by atoms with Crippen molar-refractivity contribution in [3.8, 4) is 0 Å². The molecule has 1 fully saturated rings. The molecule has 1 aliphatic heterocycles. The van der Waals surface area contributed by atoms with E-state index < -0.39 is 10.8 Å². The van der Waals surface area contributed by atoms with Gasteiger partial charge in [-0.2, -0.15) is 5.10 Å². The first-order valence-corrected chi connectivity index (χ1v) is 10.0. The number of piperidine rings is 1. The van der Waals surface area contributed by atoms with Crippen LogP contribution in [0.25, 0.3) is 0 Å². The van der Waals surface area contributed by atoms with Crippen molar-refractivity contribution in [3.63, 3.8) is 0 Å². The van der Waals surface area contributed by atoms with Crippen molar-refractivity contribution in [1.82, 2.24) is 15.1 Å². The molecule has 0 spiro atoms. The summed E-state index contributed by atoms with van der Waals surface area (Å²) in [6.45, 7) is 4.29. The smallest absolute Gasteiger partial charge is 0.0752 e. The van der Waals surface area contributed by atoms with Crippen LogP contribution in [0.1, 0.15) is 31.4 Å². The van der Waals surface area contributed by atoms with Gasteiger partial charge in [0.25, 0.3) is 0 Å². The molecule has 1 saturated heterocycles. The molecule has 5 nitrogen and oxygen atoms in total. The fourth-order valence-electron chi connectivity index (χ4n) is 3.32. The summed E-state index contributed by atoms with van der Waals surface area (Å²) < 4.78 is 13.4. The van der Waals surface area contributed by atoms with E-state index >= 15 is 0 Å². The van der Waals surface area contributed by atoms with Gasteiger partial charge in [-0.1, -0.05) is 12.1 Å². The average molecular weight is 347 g/mol. The number of hydrogen-bond donors (Lipinski definition) is 1. The van der Waals surface area contributed by atoms with Crippen molar-refractivity contribution < 1.29 is 4.21 Å². The van der Waals surface area contributed by atoms with Crippen molar-refractivity contribution in [2.75, 3.05) is 24.2 Å². The summed E-state index contributed by atoms with van der Waals surface area (Å²) in [5.74, 6) is 0. The Bertz CT molecular complexity index is 697. The van der Waals surface area contributed by atoms with Crippen molar-refractivity contribution in [3.05, 3.63) is 42.2 Å². The van der Waals surface area contributed by atoms with E-state index in [1.807, 2.05) is 30.1 Å². The molecule has 3 rings (SSSR count).